The van der Waals surface area contributed by atoms with E-state index in [1.54, 1.807) is 23.6 Å². The minimum absolute atomic E-state index is 0.0114. The molecule has 174 valence electrons. The standard InChI is InChI=1S/C19H19N5O7S2/c1-19(9-31-18(28)22-7-11-8-32-17(20)23-11)13(16(26)27)24-14(25)12(15(24)33(19,29)30)6-10-4-2-3-5-21-10/h2-6,8,13,15H,7,9H2,1H3,(H2,20,23)(H,22,28)(H,26,27)/b12-6-/t13-,15?,19-/m0/s1. The van der Waals surface area contributed by atoms with Crippen LogP contribution in [0.5, 0.6) is 0 Å². The number of ether oxygens (including phenoxy) is 1. The normalized spacial score (nSPS) is 26.5. The number of nitrogens with two attached hydrogens (primary N) is 1. The number of fused-ring (bicyclic) bond motifs is 1. The minimum atomic E-state index is -4.29. The predicted molar refractivity (Wildman–Crippen MR) is 116 cm³/mol. The van der Waals surface area contributed by atoms with Gasteiger partial charge in [-0.15, -0.1) is 11.3 Å². The lowest BCUT2D eigenvalue weighted by molar-refractivity contribution is -0.153. The molecule has 2 aliphatic heterocycles. The highest BCUT2D eigenvalue weighted by molar-refractivity contribution is 7.94. The van der Waals surface area contributed by atoms with Crippen molar-refractivity contribution in [1.82, 2.24) is 20.2 Å². The third-order valence-corrected chi connectivity index (χ3v) is 8.93. The molecular formula is C19H19N5O7S2. The van der Waals surface area contributed by atoms with Crippen molar-refractivity contribution in [3.63, 3.8) is 0 Å². The molecule has 2 aliphatic rings. The summed E-state index contributed by atoms with van der Waals surface area (Å²) in [6.07, 6.45) is 1.83. The van der Waals surface area contributed by atoms with E-state index in [1.807, 2.05) is 0 Å². The first-order valence-corrected chi connectivity index (χ1v) is 12.0. The quantitative estimate of drug-likeness (QED) is 0.372. The number of hydrogen-bond acceptors (Lipinski definition) is 10. The Morgan fingerprint density at radius 3 is 2.79 bits per heavy atom. The molecule has 2 fully saturated rings. The number of pyridine rings is 1. The van der Waals surface area contributed by atoms with Gasteiger partial charge in [-0.2, -0.15) is 0 Å². The van der Waals surface area contributed by atoms with Crippen molar-refractivity contribution >= 4 is 50.4 Å². The van der Waals surface area contributed by atoms with Crippen LogP contribution >= 0.6 is 11.3 Å². The largest absolute Gasteiger partial charge is 0.480 e. The number of carbonyl (C=O) groups excluding carboxylic acids is 2. The number of nitrogen functional groups attached to an aromatic ring is 1. The van der Waals surface area contributed by atoms with Crippen LogP contribution in [0, 0.1) is 0 Å². The molecule has 0 aromatic carbocycles. The number of hydrogen-bond donors (Lipinski definition) is 3. The maximum atomic E-state index is 13.4. The molecule has 0 aliphatic carbocycles. The Balaban J connectivity index is 1.55. The predicted octanol–water partition coefficient (Wildman–Crippen LogP) is 0.239. The van der Waals surface area contributed by atoms with E-state index in [-0.39, 0.29) is 12.1 Å². The van der Waals surface area contributed by atoms with Crippen molar-refractivity contribution in [1.29, 1.82) is 0 Å². The lowest BCUT2D eigenvalue weighted by Gasteiger charge is -2.37. The molecule has 14 heteroatoms. The summed E-state index contributed by atoms with van der Waals surface area (Å²) in [6, 6.07) is 3.18. The first-order chi connectivity index (χ1) is 15.6. The summed E-state index contributed by atoms with van der Waals surface area (Å²) >= 11 is 1.18. The number of β-lactam (4-membered cyclic amide) rings is 1. The summed E-state index contributed by atoms with van der Waals surface area (Å²) in [7, 11) is -4.29. The van der Waals surface area contributed by atoms with E-state index < -0.39 is 50.6 Å². The lowest BCUT2D eigenvalue weighted by Crippen LogP contribution is -2.59. The van der Waals surface area contributed by atoms with Gasteiger partial charge < -0.3 is 25.8 Å². The highest BCUT2D eigenvalue weighted by Gasteiger charge is 2.72. The van der Waals surface area contributed by atoms with Crippen LogP contribution in [0.4, 0.5) is 9.93 Å². The maximum Gasteiger partial charge on any atom is 0.407 e. The third kappa shape index (κ3) is 3.70. The molecule has 4 N–H and O–H groups in total. The fourth-order valence-electron chi connectivity index (χ4n) is 3.84. The lowest BCUT2D eigenvalue weighted by atomic mass is 9.94. The number of carbonyl (C=O) groups is 3. The molecule has 4 heterocycles. The van der Waals surface area contributed by atoms with Gasteiger partial charge in [0.15, 0.2) is 26.4 Å². The van der Waals surface area contributed by atoms with Crippen molar-refractivity contribution in [2.45, 2.75) is 29.6 Å². The van der Waals surface area contributed by atoms with E-state index in [0.717, 1.165) is 11.8 Å². The summed E-state index contributed by atoms with van der Waals surface area (Å²) in [5, 5.41) is 12.6. The van der Waals surface area contributed by atoms with Gasteiger partial charge in [0.25, 0.3) is 5.91 Å². The SMILES string of the molecule is C[C@]1(COC(=O)NCc2csc(N)n2)[C@H](C(=O)O)N2C(=O)/C(=C/c3ccccn3)C2S1(=O)=O. The summed E-state index contributed by atoms with van der Waals surface area (Å²) in [6.45, 7) is 0.372. The molecule has 2 aromatic heterocycles. The first-order valence-electron chi connectivity index (χ1n) is 9.58. The Morgan fingerprint density at radius 1 is 1.42 bits per heavy atom. The maximum absolute atomic E-state index is 13.4. The number of thiazole rings is 1. The highest BCUT2D eigenvalue weighted by atomic mass is 32.2. The monoisotopic (exact) mass is 493 g/mol. The number of aromatic nitrogens is 2. The van der Waals surface area contributed by atoms with E-state index in [1.165, 1.54) is 23.6 Å². The fraction of sp³-hybridized carbons (Fsp3) is 0.316. The topological polar surface area (TPSA) is 182 Å². The van der Waals surface area contributed by atoms with Gasteiger partial charge in [0.1, 0.15) is 11.4 Å². The van der Waals surface area contributed by atoms with Crippen LogP contribution in [0.1, 0.15) is 18.3 Å². The summed E-state index contributed by atoms with van der Waals surface area (Å²) in [5.74, 6) is -2.24. The third-order valence-electron chi connectivity index (χ3n) is 5.50. The fourth-order valence-corrected chi connectivity index (χ4v) is 6.68. The number of carboxylic acid groups (broad SMARTS) is 1. The Morgan fingerprint density at radius 2 is 2.18 bits per heavy atom. The van der Waals surface area contributed by atoms with Gasteiger partial charge in [-0.05, 0) is 25.1 Å². The van der Waals surface area contributed by atoms with Crippen molar-refractivity contribution < 1.29 is 32.6 Å². The van der Waals surface area contributed by atoms with E-state index >= 15 is 0 Å². The van der Waals surface area contributed by atoms with Gasteiger partial charge >= 0.3 is 12.1 Å². The van der Waals surface area contributed by atoms with Gasteiger partial charge in [-0.25, -0.2) is 23.0 Å². The van der Waals surface area contributed by atoms with Crippen LogP contribution in [-0.4, -0.2) is 69.1 Å². The Hall–Kier alpha value is -3.52. The van der Waals surface area contributed by atoms with Crippen LogP contribution < -0.4 is 11.1 Å². The van der Waals surface area contributed by atoms with Crippen molar-refractivity contribution in [2.24, 2.45) is 0 Å². The van der Waals surface area contributed by atoms with Gasteiger partial charge in [-0.1, -0.05) is 6.07 Å². The number of aliphatic carboxylic acids is 1. The number of rotatable bonds is 6. The van der Waals surface area contributed by atoms with Gasteiger partial charge in [-0.3, -0.25) is 9.78 Å². The Bertz CT molecular complexity index is 1260. The molecule has 0 bridgehead atoms. The summed E-state index contributed by atoms with van der Waals surface area (Å²) < 4.78 is 29.8. The molecule has 2 aromatic rings. The number of nitrogens with zero attached hydrogens (tertiary/aromatic N) is 3. The van der Waals surface area contributed by atoms with Crippen molar-refractivity contribution in [2.75, 3.05) is 12.3 Å². The zero-order valence-corrected chi connectivity index (χ0v) is 18.8. The van der Waals surface area contributed by atoms with Crippen LogP contribution in [-0.2, 0) is 30.7 Å². The van der Waals surface area contributed by atoms with Crippen LogP contribution in [0.25, 0.3) is 6.08 Å². The molecule has 3 atom stereocenters. The van der Waals surface area contributed by atoms with Crippen molar-refractivity contribution in [3.8, 4) is 0 Å². The molecule has 1 unspecified atom stereocenters. The zero-order chi connectivity index (χ0) is 24.0. The second-order valence-electron chi connectivity index (χ2n) is 7.62. The van der Waals surface area contributed by atoms with Crippen LogP contribution in [0.3, 0.4) is 0 Å². The molecule has 0 saturated carbocycles. The van der Waals surface area contributed by atoms with Crippen LogP contribution in [0.15, 0.2) is 35.3 Å². The van der Waals surface area contributed by atoms with E-state index in [0.29, 0.717) is 16.5 Å². The van der Waals surface area contributed by atoms with Crippen molar-refractivity contribution in [3.05, 3.63) is 46.7 Å². The van der Waals surface area contributed by atoms with Gasteiger partial charge in [0.05, 0.1) is 23.5 Å². The van der Waals surface area contributed by atoms with Crippen LogP contribution in [0.2, 0.25) is 0 Å². The highest BCUT2D eigenvalue weighted by Crippen LogP contribution is 2.49. The second-order valence-corrected chi connectivity index (χ2v) is 11.0. The molecule has 2 saturated heterocycles. The number of sulfone groups is 1. The van der Waals surface area contributed by atoms with E-state index in [4.69, 9.17) is 10.5 Å². The number of anilines is 1. The first kappa shape index (κ1) is 22.7. The number of alkyl carbamates (subject to hydrolysis) is 1. The Labute approximate surface area is 192 Å². The van der Waals surface area contributed by atoms with E-state index in [2.05, 4.69) is 15.3 Å². The van der Waals surface area contributed by atoms with Gasteiger partial charge in [0, 0.05) is 11.6 Å². The zero-order valence-electron chi connectivity index (χ0n) is 17.2. The number of carboxylic acids is 1. The average Bonchev–Trinajstić information content (AvgIpc) is 3.26. The molecule has 0 radical (unpaired) electrons. The molecule has 2 amide bonds. The average molecular weight is 494 g/mol. The molecular weight excluding hydrogens is 474 g/mol. The molecule has 4 rings (SSSR count). The molecule has 12 nitrogen and oxygen atoms in total. The second kappa shape index (κ2) is 8.12. The minimum Gasteiger partial charge on any atom is -0.480 e. The number of nitrogens with one attached hydrogen (secondary N) is 1. The smallest absolute Gasteiger partial charge is 0.407 e. The number of amides is 2. The summed E-state index contributed by atoms with van der Waals surface area (Å²) in [5.41, 5.74) is 6.27. The van der Waals surface area contributed by atoms with E-state index in [9.17, 15) is 27.9 Å². The Kier molecular flexibility index (Phi) is 5.57. The molecule has 33 heavy (non-hydrogen) atoms. The van der Waals surface area contributed by atoms with Gasteiger partial charge in [0.2, 0.25) is 0 Å². The molecule has 0 spiro atoms. The summed E-state index contributed by atoms with van der Waals surface area (Å²) in [4.78, 5) is 45.6.